The molecule has 0 aromatic heterocycles. The van der Waals surface area contributed by atoms with Gasteiger partial charge in [-0.05, 0) is 49.5 Å². The van der Waals surface area contributed by atoms with Crippen LogP contribution in [0.2, 0.25) is 0 Å². The highest BCUT2D eigenvalue weighted by Gasteiger charge is 2.58. The predicted octanol–water partition coefficient (Wildman–Crippen LogP) is 2.29. The average Bonchev–Trinajstić information content (AvgIpc) is 3.01. The maximum atomic E-state index is 11.5. The lowest BCUT2D eigenvalue weighted by atomic mass is 9.59. The molecule has 1 aromatic rings. The van der Waals surface area contributed by atoms with E-state index in [1.165, 1.54) is 5.56 Å². The molecule has 0 heterocycles. The summed E-state index contributed by atoms with van der Waals surface area (Å²) in [7, 11) is 0. The molecule has 2 fully saturated rings. The first-order valence-electron chi connectivity index (χ1n) is 10.7. The number of hydrogen-bond donors (Lipinski definition) is 5. The van der Waals surface area contributed by atoms with Crippen molar-refractivity contribution >= 4 is 11.9 Å². The van der Waals surface area contributed by atoms with Crippen LogP contribution in [0.4, 0.5) is 0 Å². The summed E-state index contributed by atoms with van der Waals surface area (Å²) in [6.07, 6.45) is 9.49. The molecule has 6 N–H and O–H groups in total. The van der Waals surface area contributed by atoms with Gasteiger partial charge in [0.05, 0.1) is 12.2 Å². The molecule has 0 bridgehead atoms. The van der Waals surface area contributed by atoms with Gasteiger partial charge in [0.25, 0.3) is 0 Å². The first-order chi connectivity index (χ1) is 14.7. The molecule has 0 amide bonds. The van der Waals surface area contributed by atoms with E-state index in [4.69, 9.17) is 30.4 Å². The second kappa shape index (κ2) is 11.4. The Balaban J connectivity index is 0.000000501. The van der Waals surface area contributed by atoms with Gasteiger partial charge in [-0.1, -0.05) is 49.4 Å². The van der Waals surface area contributed by atoms with Crippen LogP contribution >= 0.6 is 0 Å². The first kappa shape index (κ1) is 25.0. The number of rotatable bonds is 7. The van der Waals surface area contributed by atoms with E-state index in [1.54, 1.807) is 0 Å². The van der Waals surface area contributed by atoms with E-state index in [1.807, 2.05) is 0 Å². The Labute approximate surface area is 183 Å². The van der Waals surface area contributed by atoms with Crippen LogP contribution in [0.5, 0.6) is 0 Å². The minimum atomic E-state index is -1.82. The smallest absolute Gasteiger partial charge is 0.414 e. The quantitative estimate of drug-likeness (QED) is 0.190. The van der Waals surface area contributed by atoms with Crippen molar-refractivity contribution in [3.05, 3.63) is 48.0 Å². The number of allylic oxidation sites excluding steroid dienone is 1. The molecule has 31 heavy (non-hydrogen) atoms. The Morgan fingerprint density at radius 1 is 1.19 bits per heavy atom. The lowest BCUT2D eigenvalue weighted by molar-refractivity contribution is -0.159. The highest BCUT2D eigenvalue weighted by molar-refractivity contribution is 6.27. The predicted molar refractivity (Wildman–Crippen MR) is 116 cm³/mol. The topological polar surface area (TPSA) is 142 Å². The van der Waals surface area contributed by atoms with Crippen LogP contribution < -0.4 is 11.2 Å². The monoisotopic (exact) mass is 434 g/mol. The van der Waals surface area contributed by atoms with E-state index in [0.29, 0.717) is 31.5 Å². The number of hydrogen-bond acceptors (Lipinski definition) is 6. The standard InChI is InChI=1S/C21H32N2O2.C2H2O4/c1-20-11-9-18(17-6-3-2-4-7-17)16-21(20,24)12-10-19(20)8-5-14-23-25-15-13-22;3-1(4)2(5)6/h2-8,18-19,23-24H,9-16,22H2,1H3;(H,3,4)(H,5,6)/b8-5+;/t18-,19-,20+,21-;/m0./s1. The molecule has 0 aliphatic heterocycles. The SMILES string of the molecule is C[C@]12CC[C@H](c3ccccc3)C[C@@]1(O)CC[C@@H]2/C=C/CNOCCN.O=C(O)C(=O)O. The zero-order valence-corrected chi connectivity index (χ0v) is 18.0. The van der Waals surface area contributed by atoms with Crippen LogP contribution in [0.3, 0.4) is 0 Å². The number of carboxylic acid groups (broad SMARTS) is 2. The fourth-order valence-corrected chi connectivity index (χ4v) is 4.87. The number of aliphatic carboxylic acids is 2. The van der Waals surface area contributed by atoms with Crippen molar-refractivity contribution in [2.45, 2.75) is 50.5 Å². The number of aliphatic hydroxyl groups is 1. The van der Waals surface area contributed by atoms with Crippen molar-refractivity contribution in [3.63, 3.8) is 0 Å². The molecule has 2 aliphatic carbocycles. The van der Waals surface area contributed by atoms with Gasteiger partial charge in [-0.2, -0.15) is 5.48 Å². The van der Waals surface area contributed by atoms with Crippen LogP contribution in [-0.4, -0.2) is 52.6 Å². The van der Waals surface area contributed by atoms with Crippen LogP contribution in [-0.2, 0) is 14.4 Å². The summed E-state index contributed by atoms with van der Waals surface area (Å²) < 4.78 is 0. The maximum Gasteiger partial charge on any atom is 0.414 e. The third-order valence-electron chi connectivity index (χ3n) is 6.69. The first-order valence-corrected chi connectivity index (χ1v) is 10.7. The van der Waals surface area contributed by atoms with Crippen molar-refractivity contribution < 1.29 is 29.7 Å². The van der Waals surface area contributed by atoms with Crippen LogP contribution in [0, 0.1) is 11.3 Å². The zero-order valence-electron chi connectivity index (χ0n) is 18.0. The third-order valence-corrected chi connectivity index (χ3v) is 6.69. The molecule has 2 saturated carbocycles. The molecule has 8 nitrogen and oxygen atoms in total. The summed E-state index contributed by atoms with van der Waals surface area (Å²) in [5.41, 5.74) is 9.10. The summed E-state index contributed by atoms with van der Waals surface area (Å²) in [6, 6.07) is 10.7. The van der Waals surface area contributed by atoms with E-state index in [0.717, 1.165) is 32.1 Å². The van der Waals surface area contributed by atoms with E-state index < -0.39 is 17.5 Å². The lowest BCUT2D eigenvalue weighted by Gasteiger charge is -2.49. The minimum Gasteiger partial charge on any atom is -0.473 e. The van der Waals surface area contributed by atoms with Crippen molar-refractivity contribution in [2.75, 3.05) is 19.7 Å². The number of carbonyl (C=O) groups is 2. The zero-order chi connectivity index (χ0) is 22.9. The molecule has 0 saturated heterocycles. The van der Waals surface area contributed by atoms with Crippen molar-refractivity contribution in [1.82, 2.24) is 5.48 Å². The van der Waals surface area contributed by atoms with Crippen molar-refractivity contribution in [3.8, 4) is 0 Å². The number of carboxylic acids is 2. The Morgan fingerprint density at radius 3 is 2.48 bits per heavy atom. The Bertz CT molecular complexity index is 744. The van der Waals surface area contributed by atoms with E-state index in [2.05, 4.69) is 54.9 Å². The molecule has 4 atom stereocenters. The summed E-state index contributed by atoms with van der Waals surface area (Å²) in [4.78, 5) is 23.4. The van der Waals surface area contributed by atoms with Crippen LogP contribution in [0.1, 0.15) is 50.5 Å². The van der Waals surface area contributed by atoms with Crippen molar-refractivity contribution in [2.24, 2.45) is 17.1 Å². The molecule has 172 valence electrons. The van der Waals surface area contributed by atoms with Gasteiger partial charge in [0, 0.05) is 18.5 Å². The van der Waals surface area contributed by atoms with E-state index in [-0.39, 0.29) is 5.41 Å². The van der Waals surface area contributed by atoms with Crippen LogP contribution in [0.15, 0.2) is 42.5 Å². The molecule has 8 heteroatoms. The normalized spacial score (nSPS) is 29.8. The maximum absolute atomic E-state index is 11.5. The number of fused-ring (bicyclic) bond motifs is 1. The number of hydroxylamine groups is 1. The fraction of sp³-hybridized carbons (Fsp3) is 0.565. The molecule has 3 rings (SSSR count). The second-order valence-electron chi connectivity index (χ2n) is 8.47. The highest BCUT2D eigenvalue weighted by atomic mass is 16.6. The number of nitrogens with one attached hydrogen (secondary N) is 1. The minimum absolute atomic E-state index is 0.0209. The molecule has 0 unspecified atom stereocenters. The van der Waals surface area contributed by atoms with Gasteiger partial charge in [0.15, 0.2) is 0 Å². The Hall–Kier alpha value is -2.26. The molecular weight excluding hydrogens is 400 g/mol. The van der Waals surface area contributed by atoms with Gasteiger partial charge in [-0.25, -0.2) is 9.59 Å². The molecule has 2 aliphatic rings. The molecule has 0 spiro atoms. The number of nitrogens with two attached hydrogens (primary N) is 1. The molecule has 1 aromatic carbocycles. The molecule has 0 radical (unpaired) electrons. The number of benzene rings is 1. The van der Waals surface area contributed by atoms with Gasteiger partial charge in [-0.15, -0.1) is 0 Å². The summed E-state index contributed by atoms with van der Waals surface area (Å²) in [5.74, 6) is -2.73. The largest absolute Gasteiger partial charge is 0.473 e. The van der Waals surface area contributed by atoms with Crippen LogP contribution in [0.25, 0.3) is 0 Å². The van der Waals surface area contributed by atoms with Crippen molar-refractivity contribution in [1.29, 1.82) is 0 Å². The van der Waals surface area contributed by atoms with E-state index >= 15 is 0 Å². The van der Waals surface area contributed by atoms with Gasteiger partial charge >= 0.3 is 11.9 Å². The van der Waals surface area contributed by atoms with Gasteiger partial charge in [-0.3, -0.25) is 0 Å². The fourth-order valence-electron chi connectivity index (χ4n) is 4.87. The summed E-state index contributed by atoms with van der Waals surface area (Å²) in [6.45, 7) is 4.01. The van der Waals surface area contributed by atoms with Gasteiger partial charge < -0.3 is 25.9 Å². The molecular formula is C23H34N2O6. The Kier molecular flexibility index (Phi) is 9.18. The summed E-state index contributed by atoms with van der Waals surface area (Å²) >= 11 is 0. The Morgan fingerprint density at radius 2 is 1.87 bits per heavy atom. The lowest BCUT2D eigenvalue weighted by Crippen LogP contribution is -2.49. The highest BCUT2D eigenvalue weighted by Crippen LogP contribution is 2.60. The van der Waals surface area contributed by atoms with E-state index in [9.17, 15) is 5.11 Å². The van der Waals surface area contributed by atoms with Gasteiger partial charge in [0.1, 0.15) is 0 Å². The summed E-state index contributed by atoms with van der Waals surface area (Å²) in [5, 5.41) is 26.2. The average molecular weight is 435 g/mol. The third kappa shape index (κ3) is 6.36. The van der Waals surface area contributed by atoms with Gasteiger partial charge in [0.2, 0.25) is 0 Å². The second-order valence-corrected chi connectivity index (χ2v) is 8.47.